The van der Waals surface area contributed by atoms with E-state index in [1.165, 1.54) is 53.2 Å². The Labute approximate surface area is 310 Å². The molecule has 0 fully saturated rings. The molecule has 0 bridgehead atoms. The van der Waals surface area contributed by atoms with Crippen molar-refractivity contribution in [3.63, 3.8) is 0 Å². The Balaban J connectivity index is 1.22. The summed E-state index contributed by atoms with van der Waals surface area (Å²) in [5, 5.41) is 4.75. The Morgan fingerprint density at radius 1 is 0.453 bits per heavy atom. The number of thiophene rings is 1. The maximum Gasteiger partial charge on any atom is 0.238 e. The van der Waals surface area contributed by atoms with Crippen molar-refractivity contribution in [1.29, 1.82) is 0 Å². The van der Waals surface area contributed by atoms with Crippen LogP contribution < -0.4 is 0 Å². The van der Waals surface area contributed by atoms with Crippen LogP contribution in [0.2, 0.25) is 0 Å². The SMILES string of the molecule is CC1(C)c2ccccc2-c2cc3c4ccccc4n(-c4nc(-c5cccc(-c6ccccc6)c5)nc(-c5cccc6sc7ccccc7c56)n4)c3cc21. The van der Waals surface area contributed by atoms with E-state index < -0.39 is 0 Å². The van der Waals surface area contributed by atoms with Gasteiger partial charge >= 0.3 is 0 Å². The zero-order chi connectivity index (χ0) is 35.3. The Bertz CT molecular complexity index is 3100. The van der Waals surface area contributed by atoms with Crippen LogP contribution in [-0.2, 0) is 5.41 Å². The summed E-state index contributed by atoms with van der Waals surface area (Å²) in [6.07, 6.45) is 0. The average molecular weight is 697 g/mol. The third-order valence-corrected chi connectivity index (χ3v) is 12.2. The molecule has 1 aliphatic rings. The molecule has 0 spiro atoms. The van der Waals surface area contributed by atoms with Gasteiger partial charge in [-0.15, -0.1) is 11.3 Å². The van der Waals surface area contributed by atoms with Gasteiger partial charge in [0.15, 0.2) is 11.6 Å². The van der Waals surface area contributed by atoms with Crippen LogP contribution in [0, 0.1) is 0 Å². The lowest BCUT2D eigenvalue weighted by Crippen LogP contribution is -2.15. The molecule has 3 aromatic heterocycles. The van der Waals surface area contributed by atoms with Crippen molar-refractivity contribution >= 4 is 53.3 Å². The van der Waals surface area contributed by atoms with Crippen molar-refractivity contribution in [3.8, 4) is 51.0 Å². The van der Waals surface area contributed by atoms with E-state index in [2.05, 4.69) is 170 Å². The summed E-state index contributed by atoms with van der Waals surface area (Å²) >= 11 is 1.81. The topological polar surface area (TPSA) is 43.6 Å². The second-order valence-corrected chi connectivity index (χ2v) is 15.5. The van der Waals surface area contributed by atoms with Crippen molar-refractivity contribution in [2.75, 3.05) is 0 Å². The smallest absolute Gasteiger partial charge is 0.238 e. The molecule has 0 saturated carbocycles. The zero-order valence-electron chi connectivity index (χ0n) is 29.2. The van der Waals surface area contributed by atoms with Crippen molar-refractivity contribution < 1.29 is 0 Å². The molecule has 7 aromatic carbocycles. The molecule has 1 aliphatic carbocycles. The van der Waals surface area contributed by atoms with Crippen LogP contribution in [0.15, 0.2) is 158 Å². The Morgan fingerprint density at radius 3 is 2.04 bits per heavy atom. The molecule has 0 unspecified atom stereocenters. The van der Waals surface area contributed by atoms with E-state index in [1.807, 2.05) is 6.07 Å². The number of nitrogens with zero attached hydrogens (tertiary/aromatic N) is 4. The van der Waals surface area contributed by atoms with Crippen LogP contribution in [-0.4, -0.2) is 19.5 Å². The summed E-state index contributed by atoms with van der Waals surface area (Å²) in [6.45, 7) is 4.67. The van der Waals surface area contributed by atoms with Gasteiger partial charge in [-0.1, -0.05) is 135 Å². The van der Waals surface area contributed by atoms with Gasteiger partial charge in [-0.25, -0.2) is 4.98 Å². The molecule has 0 saturated heterocycles. The van der Waals surface area contributed by atoms with Gasteiger partial charge in [0.1, 0.15) is 0 Å². The monoisotopic (exact) mass is 696 g/mol. The number of benzene rings is 7. The van der Waals surface area contributed by atoms with E-state index in [1.54, 1.807) is 11.3 Å². The molecule has 0 amide bonds. The fraction of sp³-hybridized carbons (Fsp3) is 0.0625. The molecule has 0 radical (unpaired) electrons. The summed E-state index contributed by atoms with van der Waals surface area (Å²) < 4.78 is 4.72. The lowest BCUT2D eigenvalue weighted by atomic mass is 9.82. The molecule has 4 nitrogen and oxygen atoms in total. The first-order chi connectivity index (χ1) is 26.0. The second kappa shape index (κ2) is 11.3. The van der Waals surface area contributed by atoms with Gasteiger partial charge in [0.05, 0.1) is 11.0 Å². The summed E-state index contributed by atoms with van der Waals surface area (Å²) in [6, 6.07) is 56.4. The van der Waals surface area contributed by atoms with Crippen molar-refractivity contribution in [1.82, 2.24) is 19.5 Å². The molecule has 53 heavy (non-hydrogen) atoms. The minimum atomic E-state index is -0.148. The number of hydrogen-bond donors (Lipinski definition) is 0. The first kappa shape index (κ1) is 30.2. The maximum absolute atomic E-state index is 5.40. The van der Waals surface area contributed by atoms with Crippen molar-refractivity contribution in [2.45, 2.75) is 19.3 Å². The lowest BCUT2D eigenvalue weighted by molar-refractivity contribution is 0.661. The standard InChI is InChI=1S/C48H32N4S/c1-48(2)38-22-9-6-18-32(38)36-27-37-33-19-7-10-23-40(33)52(41(37)28-39(36)48)47-50-45(31-17-12-16-30(26-31)29-14-4-3-5-15-29)49-46(51-47)35-21-13-25-43-44(35)34-20-8-11-24-42(34)53-43/h3-28H,1-2H3. The molecule has 5 heteroatoms. The van der Waals surface area contributed by atoms with Crippen LogP contribution in [0.5, 0.6) is 0 Å². The van der Waals surface area contributed by atoms with E-state index in [4.69, 9.17) is 15.0 Å². The van der Waals surface area contributed by atoms with Gasteiger partial charge < -0.3 is 0 Å². The summed E-state index contributed by atoms with van der Waals surface area (Å²) in [4.78, 5) is 16.0. The van der Waals surface area contributed by atoms with Gasteiger partial charge in [0.25, 0.3) is 0 Å². The zero-order valence-corrected chi connectivity index (χ0v) is 30.0. The van der Waals surface area contributed by atoms with Crippen LogP contribution in [0.4, 0.5) is 0 Å². The first-order valence-electron chi connectivity index (χ1n) is 18.0. The van der Waals surface area contributed by atoms with Crippen LogP contribution >= 0.6 is 11.3 Å². The number of fused-ring (bicyclic) bond motifs is 9. The summed E-state index contributed by atoms with van der Waals surface area (Å²) in [7, 11) is 0. The normalized spacial score (nSPS) is 13.2. The largest absolute Gasteiger partial charge is 0.278 e. The molecule has 250 valence electrons. The van der Waals surface area contributed by atoms with Gasteiger partial charge in [0.2, 0.25) is 5.95 Å². The predicted octanol–water partition coefficient (Wildman–Crippen LogP) is 12.6. The van der Waals surface area contributed by atoms with Crippen LogP contribution in [0.25, 0.3) is 93.0 Å². The highest BCUT2D eigenvalue weighted by Gasteiger charge is 2.36. The summed E-state index contributed by atoms with van der Waals surface area (Å²) in [5.74, 6) is 1.90. The minimum absolute atomic E-state index is 0.148. The second-order valence-electron chi connectivity index (χ2n) is 14.4. The molecular weight excluding hydrogens is 665 g/mol. The van der Waals surface area contributed by atoms with E-state index >= 15 is 0 Å². The number of para-hydroxylation sites is 1. The molecule has 0 atom stereocenters. The van der Waals surface area contributed by atoms with E-state index in [-0.39, 0.29) is 5.41 Å². The quantitative estimate of drug-likeness (QED) is 0.184. The molecule has 0 aliphatic heterocycles. The number of hydrogen-bond acceptors (Lipinski definition) is 4. The van der Waals surface area contributed by atoms with E-state index in [0.29, 0.717) is 17.6 Å². The summed E-state index contributed by atoms with van der Waals surface area (Å²) in [5.41, 5.74) is 11.5. The molecule has 11 rings (SSSR count). The highest BCUT2D eigenvalue weighted by Crippen LogP contribution is 2.51. The highest BCUT2D eigenvalue weighted by molar-refractivity contribution is 7.25. The van der Waals surface area contributed by atoms with E-state index in [0.717, 1.165) is 33.3 Å². The third-order valence-electron chi connectivity index (χ3n) is 11.1. The highest BCUT2D eigenvalue weighted by atomic mass is 32.1. The van der Waals surface area contributed by atoms with Crippen LogP contribution in [0.3, 0.4) is 0 Å². The molecule has 0 N–H and O–H groups in total. The van der Waals surface area contributed by atoms with Gasteiger partial charge in [-0.05, 0) is 69.8 Å². The molecule has 10 aromatic rings. The van der Waals surface area contributed by atoms with Crippen molar-refractivity contribution in [2.24, 2.45) is 0 Å². The Morgan fingerprint density at radius 2 is 1.13 bits per heavy atom. The fourth-order valence-corrected chi connectivity index (χ4v) is 9.65. The number of rotatable bonds is 4. The first-order valence-corrected chi connectivity index (χ1v) is 18.9. The fourth-order valence-electron chi connectivity index (χ4n) is 8.52. The van der Waals surface area contributed by atoms with E-state index in [9.17, 15) is 0 Å². The van der Waals surface area contributed by atoms with Gasteiger partial charge in [-0.2, -0.15) is 9.97 Å². The van der Waals surface area contributed by atoms with Crippen molar-refractivity contribution in [3.05, 3.63) is 169 Å². The Hall–Kier alpha value is -6.43. The van der Waals surface area contributed by atoms with Crippen LogP contribution in [0.1, 0.15) is 25.0 Å². The maximum atomic E-state index is 5.40. The number of aromatic nitrogens is 4. The molecule has 3 heterocycles. The minimum Gasteiger partial charge on any atom is -0.278 e. The predicted molar refractivity (Wildman–Crippen MR) is 221 cm³/mol. The average Bonchev–Trinajstić information content (AvgIpc) is 3.83. The third kappa shape index (κ3) is 4.51. The lowest BCUT2D eigenvalue weighted by Gasteiger charge is -2.21. The Kier molecular flexibility index (Phi) is 6.43. The molecular formula is C48H32N4S. The van der Waals surface area contributed by atoms with Gasteiger partial charge in [-0.3, -0.25) is 4.57 Å². The van der Waals surface area contributed by atoms with Gasteiger partial charge in [0, 0.05) is 47.5 Å².